The smallest absolute Gasteiger partial charge is 0.246 e. The molecule has 1 aromatic carbocycles. The maximum Gasteiger partial charge on any atom is 0.246 e. The standard InChI is InChI=1S/C20H22N4O3S/c1-14-22-23-17(28-14)9-21-19(26)20-12-24(10-16(20)11-27-13-20)18(25)8-7-15-5-3-2-4-6-15/h2-8,16H,9-13H2,1H3,(H,21,26)/t16-,20-/m0/s1. The summed E-state index contributed by atoms with van der Waals surface area (Å²) in [6.45, 7) is 3.97. The highest BCUT2D eigenvalue weighted by Gasteiger charge is 2.56. The van der Waals surface area contributed by atoms with Crippen LogP contribution < -0.4 is 5.32 Å². The van der Waals surface area contributed by atoms with E-state index in [-0.39, 0.29) is 17.7 Å². The monoisotopic (exact) mass is 398 g/mol. The largest absolute Gasteiger partial charge is 0.380 e. The molecule has 2 saturated heterocycles. The van der Waals surface area contributed by atoms with Gasteiger partial charge < -0.3 is 15.0 Å². The molecule has 0 saturated carbocycles. The van der Waals surface area contributed by atoms with Crippen molar-refractivity contribution >= 4 is 29.2 Å². The van der Waals surface area contributed by atoms with Gasteiger partial charge in [0.05, 0.1) is 25.2 Å². The molecule has 0 radical (unpaired) electrons. The number of carbonyl (C=O) groups is 2. The molecule has 2 aliphatic rings. The minimum Gasteiger partial charge on any atom is -0.380 e. The fourth-order valence-corrected chi connectivity index (χ4v) is 4.45. The van der Waals surface area contributed by atoms with Gasteiger partial charge in [-0.25, -0.2) is 0 Å². The average molecular weight is 398 g/mol. The number of aromatic nitrogens is 2. The molecule has 7 nitrogen and oxygen atoms in total. The van der Waals surface area contributed by atoms with Crippen LogP contribution in [0.5, 0.6) is 0 Å². The van der Waals surface area contributed by atoms with Crippen molar-refractivity contribution in [2.45, 2.75) is 13.5 Å². The van der Waals surface area contributed by atoms with Crippen LogP contribution in [0, 0.1) is 18.3 Å². The van der Waals surface area contributed by atoms with Crippen LogP contribution in [0.2, 0.25) is 0 Å². The minimum atomic E-state index is -0.685. The molecule has 1 N–H and O–H groups in total. The van der Waals surface area contributed by atoms with Gasteiger partial charge in [-0.15, -0.1) is 10.2 Å². The van der Waals surface area contributed by atoms with Crippen LogP contribution in [0.25, 0.3) is 6.08 Å². The van der Waals surface area contributed by atoms with Crippen molar-refractivity contribution in [1.29, 1.82) is 0 Å². The molecule has 0 unspecified atom stereocenters. The molecule has 2 atom stereocenters. The van der Waals surface area contributed by atoms with Crippen LogP contribution in [0.15, 0.2) is 36.4 Å². The maximum absolute atomic E-state index is 13.0. The Hall–Kier alpha value is -2.58. The van der Waals surface area contributed by atoms with Gasteiger partial charge in [0.1, 0.15) is 10.0 Å². The number of hydrogen-bond acceptors (Lipinski definition) is 6. The van der Waals surface area contributed by atoms with Crippen molar-refractivity contribution in [3.63, 3.8) is 0 Å². The SMILES string of the molecule is Cc1nnc(CNC(=O)[C@@]23COC[C@@H]2CN(C(=O)C=Cc2ccccc2)C3)s1. The molecule has 0 spiro atoms. The zero-order valence-electron chi connectivity index (χ0n) is 15.6. The number of nitrogens with zero attached hydrogens (tertiary/aromatic N) is 3. The Morgan fingerprint density at radius 3 is 2.93 bits per heavy atom. The van der Waals surface area contributed by atoms with Crippen LogP contribution in [-0.4, -0.2) is 53.2 Å². The summed E-state index contributed by atoms with van der Waals surface area (Å²) in [5, 5.41) is 12.6. The summed E-state index contributed by atoms with van der Waals surface area (Å²) in [7, 11) is 0. The second-order valence-electron chi connectivity index (χ2n) is 7.23. The van der Waals surface area contributed by atoms with E-state index in [0.717, 1.165) is 15.6 Å². The summed E-state index contributed by atoms with van der Waals surface area (Å²) in [5.74, 6) is -0.145. The lowest BCUT2D eigenvalue weighted by Gasteiger charge is -2.25. The Balaban J connectivity index is 1.41. The van der Waals surface area contributed by atoms with Gasteiger partial charge in [0.2, 0.25) is 11.8 Å². The third-order valence-corrected chi connectivity index (χ3v) is 6.16. The number of carbonyl (C=O) groups excluding carboxylic acids is 2. The number of benzene rings is 1. The molecule has 8 heteroatoms. The number of nitrogens with one attached hydrogen (secondary N) is 1. The predicted molar refractivity (Wildman–Crippen MR) is 105 cm³/mol. The molecule has 28 heavy (non-hydrogen) atoms. The van der Waals surface area contributed by atoms with Gasteiger partial charge in [0, 0.05) is 25.1 Å². The van der Waals surface area contributed by atoms with Crippen LogP contribution in [0.3, 0.4) is 0 Å². The summed E-state index contributed by atoms with van der Waals surface area (Å²) in [6.07, 6.45) is 3.38. The molecule has 3 heterocycles. The molecule has 2 fully saturated rings. The van der Waals surface area contributed by atoms with E-state index in [1.807, 2.05) is 37.3 Å². The first-order valence-corrected chi connectivity index (χ1v) is 10.1. The third kappa shape index (κ3) is 3.70. The molecule has 146 valence electrons. The fraction of sp³-hybridized carbons (Fsp3) is 0.400. The second-order valence-corrected chi connectivity index (χ2v) is 8.49. The third-order valence-electron chi connectivity index (χ3n) is 5.32. The normalized spacial score (nSPS) is 23.9. The number of fused-ring (bicyclic) bond motifs is 1. The van der Waals surface area contributed by atoms with Crippen LogP contribution >= 0.6 is 11.3 Å². The highest BCUT2D eigenvalue weighted by atomic mass is 32.1. The van der Waals surface area contributed by atoms with E-state index in [9.17, 15) is 9.59 Å². The number of aryl methyl sites for hydroxylation is 1. The first-order chi connectivity index (χ1) is 13.6. The molecular formula is C20H22N4O3S. The van der Waals surface area contributed by atoms with Gasteiger partial charge >= 0.3 is 0 Å². The van der Waals surface area contributed by atoms with E-state index in [2.05, 4.69) is 15.5 Å². The number of amides is 2. The molecule has 2 aromatic rings. The molecule has 0 aliphatic carbocycles. The maximum atomic E-state index is 13.0. The van der Waals surface area contributed by atoms with Gasteiger partial charge in [-0.05, 0) is 18.6 Å². The Labute approximate surface area is 167 Å². The summed E-state index contributed by atoms with van der Waals surface area (Å²) in [4.78, 5) is 27.4. The molecule has 2 aliphatic heterocycles. The Morgan fingerprint density at radius 2 is 2.18 bits per heavy atom. The van der Waals surface area contributed by atoms with E-state index >= 15 is 0 Å². The molecule has 2 amide bonds. The van der Waals surface area contributed by atoms with Crippen molar-refractivity contribution in [1.82, 2.24) is 20.4 Å². The van der Waals surface area contributed by atoms with Gasteiger partial charge in [0.25, 0.3) is 0 Å². The molecule has 1 aromatic heterocycles. The lowest BCUT2D eigenvalue weighted by Crippen LogP contribution is -2.46. The van der Waals surface area contributed by atoms with Crippen molar-refractivity contribution < 1.29 is 14.3 Å². The summed E-state index contributed by atoms with van der Waals surface area (Å²) < 4.78 is 5.61. The summed E-state index contributed by atoms with van der Waals surface area (Å²) in [5.41, 5.74) is 0.286. The number of ether oxygens (including phenoxy) is 1. The highest BCUT2D eigenvalue weighted by Crippen LogP contribution is 2.41. The van der Waals surface area contributed by atoms with Crippen molar-refractivity contribution in [2.24, 2.45) is 11.3 Å². The van der Waals surface area contributed by atoms with E-state index < -0.39 is 5.41 Å². The predicted octanol–water partition coefficient (Wildman–Crippen LogP) is 1.65. The van der Waals surface area contributed by atoms with Crippen molar-refractivity contribution in [3.05, 3.63) is 52.0 Å². The average Bonchev–Trinajstić information content (AvgIpc) is 3.39. The van der Waals surface area contributed by atoms with E-state index in [1.165, 1.54) is 11.3 Å². The Morgan fingerprint density at radius 1 is 1.36 bits per heavy atom. The highest BCUT2D eigenvalue weighted by molar-refractivity contribution is 7.11. The van der Waals surface area contributed by atoms with E-state index in [1.54, 1.807) is 17.1 Å². The van der Waals surface area contributed by atoms with E-state index in [0.29, 0.717) is 32.8 Å². The second kappa shape index (κ2) is 7.81. The molecule has 0 bridgehead atoms. The van der Waals surface area contributed by atoms with Gasteiger partial charge in [-0.1, -0.05) is 41.7 Å². The lowest BCUT2D eigenvalue weighted by atomic mass is 9.80. The van der Waals surface area contributed by atoms with Gasteiger partial charge in [-0.2, -0.15) is 0 Å². The topological polar surface area (TPSA) is 84.4 Å². The number of hydrogen-bond donors (Lipinski definition) is 1. The zero-order chi connectivity index (χ0) is 19.6. The van der Waals surface area contributed by atoms with Gasteiger partial charge in [0.15, 0.2) is 0 Å². The summed E-state index contributed by atoms with van der Waals surface area (Å²) in [6, 6.07) is 9.69. The quantitative estimate of drug-likeness (QED) is 0.775. The Kier molecular flexibility index (Phi) is 5.23. The van der Waals surface area contributed by atoms with Crippen LogP contribution in [0.4, 0.5) is 0 Å². The lowest BCUT2D eigenvalue weighted by molar-refractivity contribution is -0.132. The fourth-order valence-electron chi connectivity index (χ4n) is 3.80. The van der Waals surface area contributed by atoms with Crippen molar-refractivity contribution in [2.75, 3.05) is 26.3 Å². The molecular weight excluding hydrogens is 376 g/mol. The zero-order valence-corrected chi connectivity index (χ0v) is 16.4. The first-order valence-electron chi connectivity index (χ1n) is 9.24. The summed E-state index contributed by atoms with van der Waals surface area (Å²) >= 11 is 1.46. The number of likely N-dealkylation sites (tertiary alicyclic amines) is 1. The minimum absolute atomic E-state index is 0.0118. The van der Waals surface area contributed by atoms with Crippen molar-refractivity contribution in [3.8, 4) is 0 Å². The van der Waals surface area contributed by atoms with Crippen LogP contribution in [0.1, 0.15) is 15.6 Å². The first kappa shape index (κ1) is 18.8. The van der Waals surface area contributed by atoms with Gasteiger partial charge in [-0.3, -0.25) is 9.59 Å². The number of rotatable bonds is 5. The van der Waals surface area contributed by atoms with Crippen LogP contribution in [-0.2, 0) is 20.9 Å². The molecule has 4 rings (SSSR count). The van der Waals surface area contributed by atoms with E-state index in [4.69, 9.17) is 4.74 Å². The Bertz CT molecular complexity index is 898.